The van der Waals surface area contributed by atoms with Crippen molar-refractivity contribution >= 4 is 11.9 Å². The van der Waals surface area contributed by atoms with Gasteiger partial charge in [-0.1, -0.05) is 12.1 Å². The smallest absolute Gasteiger partial charge is 0.311 e. The zero-order valence-corrected chi connectivity index (χ0v) is 13.6. The number of ether oxygens (including phenoxy) is 1. The van der Waals surface area contributed by atoms with Crippen molar-refractivity contribution < 1.29 is 28.2 Å². The molecular formula is C18H18FNO5. The molecule has 1 N–H and O–H groups in total. The summed E-state index contributed by atoms with van der Waals surface area (Å²) in [6.07, 6.45) is 0. The molecule has 1 aromatic heterocycles. The van der Waals surface area contributed by atoms with Gasteiger partial charge in [-0.3, -0.25) is 9.59 Å². The molecule has 2 heterocycles. The zero-order valence-electron chi connectivity index (χ0n) is 13.6. The van der Waals surface area contributed by atoms with Crippen molar-refractivity contribution in [1.29, 1.82) is 0 Å². The third-order valence-electron chi connectivity index (χ3n) is 4.44. The van der Waals surface area contributed by atoms with Crippen LogP contribution < -0.4 is 0 Å². The number of furan rings is 1. The quantitative estimate of drug-likeness (QED) is 0.855. The molecule has 2 atom stereocenters. The molecule has 0 aliphatic carbocycles. The highest BCUT2D eigenvalue weighted by Crippen LogP contribution is 2.34. The number of halogens is 1. The summed E-state index contributed by atoms with van der Waals surface area (Å²) in [6.45, 7) is 0.179. The number of benzene rings is 1. The van der Waals surface area contributed by atoms with Crippen molar-refractivity contribution in [1.82, 2.24) is 4.90 Å². The molecular weight excluding hydrogens is 329 g/mol. The second-order valence-corrected chi connectivity index (χ2v) is 5.92. The van der Waals surface area contributed by atoms with Crippen LogP contribution in [-0.2, 0) is 16.1 Å². The molecule has 0 radical (unpaired) electrons. The van der Waals surface area contributed by atoms with Crippen molar-refractivity contribution in [2.75, 3.05) is 20.2 Å². The van der Waals surface area contributed by atoms with Gasteiger partial charge in [-0.25, -0.2) is 4.39 Å². The monoisotopic (exact) mass is 347 g/mol. The van der Waals surface area contributed by atoms with E-state index in [4.69, 9.17) is 14.3 Å². The maximum atomic E-state index is 13.2. The average molecular weight is 347 g/mol. The Kier molecular flexibility index (Phi) is 4.85. The number of rotatable bonds is 4. The van der Waals surface area contributed by atoms with Crippen molar-refractivity contribution in [3.05, 3.63) is 59.3 Å². The van der Waals surface area contributed by atoms with Gasteiger partial charge < -0.3 is 19.2 Å². The Balaban J connectivity index is 1.84. The van der Waals surface area contributed by atoms with Gasteiger partial charge in [0.1, 0.15) is 18.2 Å². The Morgan fingerprint density at radius 1 is 1.24 bits per heavy atom. The van der Waals surface area contributed by atoms with Crippen LogP contribution >= 0.6 is 0 Å². The Morgan fingerprint density at radius 2 is 1.96 bits per heavy atom. The second kappa shape index (κ2) is 7.06. The molecule has 1 aliphatic rings. The van der Waals surface area contributed by atoms with Crippen molar-refractivity contribution in [3.63, 3.8) is 0 Å². The van der Waals surface area contributed by atoms with Gasteiger partial charge in [0.25, 0.3) is 5.91 Å². The summed E-state index contributed by atoms with van der Waals surface area (Å²) in [4.78, 5) is 26.2. The highest BCUT2D eigenvalue weighted by atomic mass is 19.1. The summed E-state index contributed by atoms with van der Waals surface area (Å²) in [6, 6.07) is 8.90. The predicted octanol–water partition coefficient (Wildman–Crippen LogP) is 1.94. The van der Waals surface area contributed by atoms with E-state index < -0.39 is 11.9 Å². The third-order valence-corrected chi connectivity index (χ3v) is 4.44. The lowest BCUT2D eigenvalue weighted by molar-refractivity contribution is -0.145. The predicted molar refractivity (Wildman–Crippen MR) is 85.2 cm³/mol. The van der Waals surface area contributed by atoms with Crippen LogP contribution in [0.4, 0.5) is 4.39 Å². The second-order valence-electron chi connectivity index (χ2n) is 5.92. The van der Waals surface area contributed by atoms with Gasteiger partial charge in [0, 0.05) is 19.0 Å². The van der Waals surface area contributed by atoms with Crippen LogP contribution in [0.1, 0.15) is 27.8 Å². The molecule has 25 heavy (non-hydrogen) atoms. The van der Waals surface area contributed by atoms with E-state index in [1.54, 1.807) is 12.1 Å². The Hall–Kier alpha value is -2.67. The lowest BCUT2D eigenvalue weighted by atomic mass is 9.89. The molecule has 1 saturated heterocycles. The molecule has 2 aromatic rings. The minimum atomic E-state index is -0.535. The first-order valence-electron chi connectivity index (χ1n) is 7.85. The van der Waals surface area contributed by atoms with Crippen LogP contribution in [0.3, 0.4) is 0 Å². The van der Waals surface area contributed by atoms with Gasteiger partial charge in [0.05, 0.1) is 13.0 Å². The van der Waals surface area contributed by atoms with E-state index in [-0.39, 0.29) is 36.6 Å². The van der Waals surface area contributed by atoms with Gasteiger partial charge in [-0.2, -0.15) is 0 Å². The van der Waals surface area contributed by atoms with E-state index in [1.165, 1.54) is 36.3 Å². The summed E-state index contributed by atoms with van der Waals surface area (Å²) < 4.78 is 23.3. The van der Waals surface area contributed by atoms with E-state index in [2.05, 4.69) is 0 Å². The van der Waals surface area contributed by atoms with Gasteiger partial charge in [-0.15, -0.1) is 0 Å². The van der Waals surface area contributed by atoms with Crippen molar-refractivity contribution in [2.45, 2.75) is 12.5 Å². The van der Waals surface area contributed by atoms with Gasteiger partial charge in [0.15, 0.2) is 5.76 Å². The average Bonchev–Trinajstić information content (AvgIpc) is 3.28. The topological polar surface area (TPSA) is 80.0 Å². The van der Waals surface area contributed by atoms with E-state index in [9.17, 15) is 14.0 Å². The first-order valence-corrected chi connectivity index (χ1v) is 7.85. The molecule has 1 aliphatic heterocycles. The van der Waals surface area contributed by atoms with Crippen LogP contribution in [0.5, 0.6) is 0 Å². The minimum absolute atomic E-state index is 0.104. The Labute approximate surface area is 143 Å². The molecule has 0 unspecified atom stereocenters. The van der Waals surface area contributed by atoms with Gasteiger partial charge >= 0.3 is 5.97 Å². The lowest BCUT2D eigenvalue weighted by Gasteiger charge is -2.16. The number of esters is 1. The molecule has 0 spiro atoms. The number of hydrogen-bond acceptors (Lipinski definition) is 5. The number of likely N-dealkylation sites (tertiary alicyclic amines) is 1. The fraction of sp³-hybridized carbons (Fsp3) is 0.333. The number of nitrogens with zero attached hydrogens (tertiary/aromatic N) is 1. The summed E-state index contributed by atoms with van der Waals surface area (Å²) in [7, 11) is 1.30. The Morgan fingerprint density at radius 3 is 2.56 bits per heavy atom. The molecule has 132 valence electrons. The number of methoxy groups -OCH3 is 1. The van der Waals surface area contributed by atoms with Crippen LogP contribution in [0.25, 0.3) is 0 Å². The largest absolute Gasteiger partial charge is 0.469 e. The van der Waals surface area contributed by atoms with Gasteiger partial charge in [0.2, 0.25) is 0 Å². The molecule has 1 aromatic carbocycles. The van der Waals surface area contributed by atoms with Gasteiger partial charge in [-0.05, 0) is 29.8 Å². The molecule has 3 rings (SSSR count). The third kappa shape index (κ3) is 3.41. The van der Waals surface area contributed by atoms with E-state index >= 15 is 0 Å². The maximum absolute atomic E-state index is 13.2. The fourth-order valence-electron chi connectivity index (χ4n) is 3.14. The van der Waals surface area contributed by atoms with Crippen LogP contribution in [0.15, 0.2) is 40.8 Å². The lowest BCUT2D eigenvalue weighted by Crippen LogP contribution is -2.29. The summed E-state index contributed by atoms with van der Waals surface area (Å²) in [5.41, 5.74) is 0.766. The summed E-state index contributed by atoms with van der Waals surface area (Å²) >= 11 is 0. The normalized spacial score (nSPS) is 19.9. The first kappa shape index (κ1) is 17.2. The SMILES string of the molecule is COC(=O)[C@H]1CN(C(=O)c2ccc(CO)o2)C[C@@H]1c1ccc(F)cc1. The Bertz CT molecular complexity index is 770. The van der Waals surface area contributed by atoms with E-state index in [0.717, 1.165) is 5.56 Å². The highest BCUT2D eigenvalue weighted by Gasteiger charge is 2.41. The molecule has 7 heteroatoms. The molecule has 1 fully saturated rings. The number of aliphatic hydroxyl groups is 1. The van der Waals surface area contributed by atoms with Crippen LogP contribution in [-0.4, -0.2) is 42.1 Å². The maximum Gasteiger partial charge on any atom is 0.311 e. The molecule has 0 bridgehead atoms. The standard InChI is InChI=1S/C18H18FNO5/c1-24-18(23)15-9-20(17(22)16-7-6-13(10-21)25-16)8-14(15)11-2-4-12(19)5-3-11/h2-7,14-15,21H,8-10H2,1H3/t14-,15+/m1/s1. The number of carbonyl (C=O) groups is 2. The van der Waals surface area contributed by atoms with E-state index in [0.29, 0.717) is 12.3 Å². The number of hydrogen-bond donors (Lipinski definition) is 1. The van der Waals surface area contributed by atoms with Crippen LogP contribution in [0.2, 0.25) is 0 Å². The zero-order chi connectivity index (χ0) is 18.0. The molecule has 6 nitrogen and oxygen atoms in total. The minimum Gasteiger partial charge on any atom is -0.469 e. The van der Waals surface area contributed by atoms with Crippen molar-refractivity contribution in [2.24, 2.45) is 5.92 Å². The highest BCUT2D eigenvalue weighted by molar-refractivity contribution is 5.92. The van der Waals surface area contributed by atoms with Crippen LogP contribution in [0, 0.1) is 11.7 Å². The number of amides is 1. The van der Waals surface area contributed by atoms with Crippen molar-refractivity contribution in [3.8, 4) is 0 Å². The van der Waals surface area contributed by atoms with E-state index in [1.807, 2.05) is 0 Å². The molecule has 0 saturated carbocycles. The molecule has 1 amide bonds. The fourth-order valence-corrected chi connectivity index (χ4v) is 3.14. The summed E-state index contributed by atoms with van der Waals surface area (Å²) in [5.74, 6) is -1.57. The number of aliphatic hydroxyl groups excluding tert-OH is 1. The summed E-state index contributed by atoms with van der Waals surface area (Å²) in [5, 5.41) is 9.05. The number of carbonyl (C=O) groups excluding carboxylic acids is 2. The first-order chi connectivity index (χ1) is 12.0.